The third kappa shape index (κ3) is 1.79. The minimum Gasteiger partial charge on any atom is -0.316 e. The fourth-order valence-corrected chi connectivity index (χ4v) is 3.24. The van der Waals surface area contributed by atoms with E-state index in [1.54, 1.807) is 0 Å². The van der Waals surface area contributed by atoms with E-state index in [0.29, 0.717) is 0 Å². The van der Waals surface area contributed by atoms with Crippen LogP contribution in [0, 0.1) is 0 Å². The molecule has 1 N–H and O–H groups in total. The van der Waals surface area contributed by atoms with E-state index in [4.69, 9.17) is 0 Å². The quantitative estimate of drug-likeness (QED) is 0.786. The number of hydrogen-bond donors (Lipinski definition) is 1. The molecule has 2 aromatic rings. The van der Waals surface area contributed by atoms with E-state index in [-0.39, 0.29) is 0 Å². The van der Waals surface area contributed by atoms with Crippen LogP contribution in [0.1, 0.15) is 18.4 Å². The van der Waals surface area contributed by atoms with E-state index in [2.05, 4.69) is 41.0 Å². The van der Waals surface area contributed by atoms with Crippen molar-refractivity contribution in [3.8, 4) is 0 Å². The summed E-state index contributed by atoms with van der Waals surface area (Å²) >= 11 is 1.85. The van der Waals surface area contributed by atoms with Gasteiger partial charge in [-0.05, 0) is 53.9 Å². The second-order valence-corrected chi connectivity index (χ2v) is 5.08. The molecule has 16 heavy (non-hydrogen) atoms. The summed E-state index contributed by atoms with van der Waals surface area (Å²) in [5.41, 5.74) is 2.95. The lowest BCUT2D eigenvalue weighted by Gasteiger charge is -2.06. The molecule has 0 aliphatic carbocycles. The van der Waals surface area contributed by atoms with Crippen LogP contribution in [0.15, 0.2) is 35.7 Å². The number of nitrogens with one attached hydrogen (secondary N) is 1. The maximum Gasteiger partial charge on any atom is 0.0417 e. The van der Waals surface area contributed by atoms with Crippen molar-refractivity contribution in [3.05, 3.63) is 41.3 Å². The largest absolute Gasteiger partial charge is 0.316 e. The predicted octanol–water partition coefficient (Wildman–Crippen LogP) is 3.67. The van der Waals surface area contributed by atoms with Crippen LogP contribution >= 0.6 is 11.3 Å². The van der Waals surface area contributed by atoms with E-state index < -0.39 is 0 Å². The Morgan fingerprint density at radius 2 is 2.12 bits per heavy atom. The Labute approximate surface area is 99.8 Å². The Hall–Kier alpha value is -1.12. The van der Waals surface area contributed by atoms with E-state index in [9.17, 15) is 0 Å². The van der Waals surface area contributed by atoms with Gasteiger partial charge >= 0.3 is 0 Å². The normalized spacial score (nSPS) is 17.1. The number of benzene rings is 1. The first kappa shape index (κ1) is 10.1. The molecule has 0 unspecified atom stereocenters. The molecule has 0 saturated carbocycles. The van der Waals surface area contributed by atoms with Crippen molar-refractivity contribution in [2.45, 2.75) is 12.8 Å². The number of fused-ring (bicyclic) bond motifs is 1. The molecular formula is C14H15NS. The molecule has 0 spiro atoms. The van der Waals surface area contributed by atoms with Gasteiger partial charge in [-0.2, -0.15) is 0 Å². The van der Waals surface area contributed by atoms with Gasteiger partial charge in [-0.3, -0.25) is 0 Å². The van der Waals surface area contributed by atoms with E-state index in [0.717, 1.165) is 25.9 Å². The molecule has 0 bridgehead atoms. The van der Waals surface area contributed by atoms with Gasteiger partial charge in [0.2, 0.25) is 0 Å². The van der Waals surface area contributed by atoms with Crippen LogP contribution in [0.2, 0.25) is 0 Å². The Bertz CT molecular complexity index is 524. The van der Waals surface area contributed by atoms with Crippen LogP contribution in [0.25, 0.3) is 15.7 Å². The number of rotatable bonds is 1. The first-order chi connectivity index (χ1) is 7.95. The lowest BCUT2D eigenvalue weighted by molar-refractivity contribution is 0.718. The Morgan fingerprint density at radius 1 is 1.12 bits per heavy atom. The van der Waals surface area contributed by atoms with Crippen LogP contribution in [-0.4, -0.2) is 13.1 Å². The fourth-order valence-electron chi connectivity index (χ4n) is 2.29. The third-order valence-electron chi connectivity index (χ3n) is 3.11. The SMILES string of the molecule is C1=C(c2cccc3ccsc23)CCNCC1. The standard InChI is InChI=1S/C14H15NS/c1-3-12-7-10-16-14(12)13(5-1)11-4-2-8-15-9-6-11/h1,3-5,7,10,15H,2,6,8-9H2. The summed E-state index contributed by atoms with van der Waals surface area (Å²) in [6, 6.07) is 8.84. The molecule has 1 aromatic carbocycles. The van der Waals surface area contributed by atoms with Crippen molar-refractivity contribution >= 4 is 27.0 Å². The lowest BCUT2D eigenvalue weighted by Crippen LogP contribution is -2.13. The summed E-state index contributed by atoms with van der Waals surface area (Å²) in [6.07, 6.45) is 4.70. The van der Waals surface area contributed by atoms with Crippen LogP contribution in [0.5, 0.6) is 0 Å². The molecule has 2 heterocycles. The monoisotopic (exact) mass is 229 g/mol. The van der Waals surface area contributed by atoms with Crippen molar-refractivity contribution in [2.24, 2.45) is 0 Å². The van der Waals surface area contributed by atoms with E-state index in [1.807, 2.05) is 11.3 Å². The molecule has 0 atom stereocenters. The first-order valence-corrected chi connectivity index (χ1v) is 6.69. The van der Waals surface area contributed by atoms with Crippen LogP contribution in [0.4, 0.5) is 0 Å². The minimum absolute atomic E-state index is 1.10. The molecule has 1 aliphatic rings. The summed E-state index contributed by atoms with van der Waals surface area (Å²) in [5.74, 6) is 0. The van der Waals surface area contributed by atoms with Gasteiger partial charge in [0.1, 0.15) is 0 Å². The summed E-state index contributed by atoms with van der Waals surface area (Å²) in [5, 5.41) is 7.00. The van der Waals surface area contributed by atoms with Crippen molar-refractivity contribution in [3.63, 3.8) is 0 Å². The van der Waals surface area contributed by atoms with Crippen molar-refractivity contribution in [1.82, 2.24) is 5.32 Å². The van der Waals surface area contributed by atoms with Crippen LogP contribution in [-0.2, 0) is 0 Å². The van der Waals surface area contributed by atoms with Gasteiger partial charge in [-0.1, -0.05) is 24.3 Å². The topological polar surface area (TPSA) is 12.0 Å². The van der Waals surface area contributed by atoms with Gasteiger partial charge in [-0.15, -0.1) is 11.3 Å². The van der Waals surface area contributed by atoms with Crippen molar-refractivity contribution < 1.29 is 0 Å². The summed E-state index contributed by atoms with van der Waals surface area (Å²) in [4.78, 5) is 0. The Kier molecular flexibility index (Phi) is 2.77. The van der Waals surface area contributed by atoms with Gasteiger partial charge in [0.15, 0.2) is 0 Å². The highest BCUT2D eigenvalue weighted by atomic mass is 32.1. The average molecular weight is 229 g/mol. The van der Waals surface area contributed by atoms with Gasteiger partial charge in [0.25, 0.3) is 0 Å². The molecule has 2 heteroatoms. The maximum atomic E-state index is 3.44. The highest BCUT2D eigenvalue weighted by molar-refractivity contribution is 7.17. The van der Waals surface area contributed by atoms with Crippen LogP contribution < -0.4 is 5.32 Å². The van der Waals surface area contributed by atoms with E-state index in [1.165, 1.54) is 21.2 Å². The second-order valence-electron chi connectivity index (χ2n) is 4.16. The minimum atomic E-state index is 1.10. The molecular weight excluding hydrogens is 214 g/mol. The number of thiophene rings is 1. The van der Waals surface area contributed by atoms with Crippen LogP contribution in [0.3, 0.4) is 0 Å². The van der Waals surface area contributed by atoms with Gasteiger partial charge in [0, 0.05) is 4.70 Å². The lowest BCUT2D eigenvalue weighted by atomic mass is 10.0. The molecule has 3 rings (SSSR count). The Balaban J connectivity index is 2.10. The zero-order chi connectivity index (χ0) is 10.8. The summed E-state index contributed by atoms with van der Waals surface area (Å²) < 4.78 is 1.44. The molecule has 1 aromatic heterocycles. The zero-order valence-electron chi connectivity index (χ0n) is 9.20. The highest BCUT2D eigenvalue weighted by Gasteiger charge is 2.08. The second kappa shape index (κ2) is 4.40. The molecule has 0 radical (unpaired) electrons. The number of hydrogen-bond acceptors (Lipinski definition) is 2. The average Bonchev–Trinajstić information content (AvgIpc) is 2.63. The zero-order valence-corrected chi connectivity index (χ0v) is 10.0. The summed E-state index contributed by atoms with van der Waals surface area (Å²) in [7, 11) is 0. The van der Waals surface area contributed by atoms with Gasteiger partial charge < -0.3 is 5.32 Å². The molecule has 1 nitrogen and oxygen atoms in total. The maximum absolute atomic E-state index is 3.44. The van der Waals surface area contributed by atoms with Crippen molar-refractivity contribution in [1.29, 1.82) is 0 Å². The summed E-state index contributed by atoms with van der Waals surface area (Å²) in [6.45, 7) is 2.22. The molecule has 0 amide bonds. The molecule has 82 valence electrons. The third-order valence-corrected chi connectivity index (χ3v) is 4.07. The fraction of sp³-hybridized carbons (Fsp3) is 0.286. The first-order valence-electron chi connectivity index (χ1n) is 5.81. The van der Waals surface area contributed by atoms with Gasteiger partial charge in [0.05, 0.1) is 0 Å². The molecule has 0 fully saturated rings. The predicted molar refractivity (Wildman–Crippen MR) is 71.9 cm³/mol. The smallest absolute Gasteiger partial charge is 0.0417 e. The van der Waals surface area contributed by atoms with E-state index >= 15 is 0 Å². The Morgan fingerprint density at radius 3 is 3.12 bits per heavy atom. The van der Waals surface area contributed by atoms with Gasteiger partial charge in [-0.25, -0.2) is 0 Å². The molecule has 0 saturated heterocycles. The van der Waals surface area contributed by atoms with Crippen molar-refractivity contribution in [2.75, 3.05) is 13.1 Å². The highest BCUT2D eigenvalue weighted by Crippen LogP contribution is 2.31. The molecule has 1 aliphatic heterocycles.